The molecule has 7 heteroatoms. The van der Waals surface area contributed by atoms with Gasteiger partial charge in [0.2, 0.25) is 11.7 Å². The van der Waals surface area contributed by atoms with Crippen LogP contribution in [-0.4, -0.2) is 52.2 Å². The molecule has 2 fully saturated rings. The number of nitrogens with zero attached hydrogens (tertiary/aromatic N) is 4. The number of halogens is 1. The molecule has 0 bridgehead atoms. The highest BCUT2D eigenvalue weighted by Crippen LogP contribution is 2.29. The minimum atomic E-state index is 0.695. The van der Waals surface area contributed by atoms with Crippen molar-refractivity contribution in [3.05, 3.63) is 21.8 Å². The minimum Gasteiger partial charge on any atom is -0.338 e. The van der Waals surface area contributed by atoms with Crippen LogP contribution in [0, 0.1) is 0 Å². The van der Waals surface area contributed by atoms with Gasteiger partial charge in [-0.05, 0) is 60.4 Å². The van der Waals surface area contributed by atoms with E-state index in [0.29, 0.717) is 5.82 Å². The molecule has 2 aromatic rings. The Morgan fingerprint density at radius 1 is 1.27 bits per heavy atom. The third-order valence-corrected chi connectivity index (χ3v) is 6.14. The number of rotatable bonds is 4. The minimum absolute atomic E-state index is 0.695. The summed E-state index contributed by atoms with van der Waals surface area (Å²) in [6.45, 7) is 5.57. The fourth-order valence-electron chi connectivity index (χ4n) is 3.41. The molecule has 2 saturated heterocycles. The molecular weight excluding hydrogens is 364 g/mol. The molecule has 2 aliphatic rings. The Labute approximate surface area is 142 Å². The van der Waals surface area contributed by atoms with Gasteiger partial charge in [-0.3, -0.25) is 9.80 Å². The van der Waals surface area contributed by atoms with Gasteiger partial charge in [-0.1, -0.05) is 5.16 Å². The van der Waals surface area contributed by atoms with Gasteiger partial charge in [-0.15, -0.1) is 11.3 Å². The van der Waals surface area contributed by atoms with Crippen molar-refractivity contribution in [2.24, 2.45) is 0 Å². The maximum atomic E-state index is 5.43. The van der Waals surface area contributed by atoms with Gasteiger partial charge in [-0.25, -0.2) is 0 Å². The van der Waals surface area contributed by atoms with Crippen molar-refractivity contribution in [1.82, 2.24) is 19.9 Å². The highest BCUT2D eigenvalue weighted by Gasteiger charge is 2.30. The van der Waals surface area contributed by atoms with Crippen molar-refractivity contribution in [2.45, 2.75) is 31.8 Å². The highest BCUT2D eigenvalue weighted by molar-refractivity contribution is 9.11. The molecule has 2 aromatic heterocycles. The third-order valence-electron chi connectivity index (χ3n) is 4.53. The molecule has 2 aliphatic heterocycles. The molecule has 0 saturated carbocycles. The summed E-state index contributed by atoms with van der Waals surface area (Å²) in [7, 11) is 0. The smallest absolute Gasteiger partial charge is 0.241 e. The van der Waals surface area contributed by atoms with E-state index in [4.69, 9.17) is 4.52 Å². The summed E-state index contributed by atoms with van der Waals surface area (Å²) in [6.07, 6.45) is 3.98. The number of likely N-dealkylation sites (tertiary alicyclic amines) is 2. The maximum absolute atomic E-state index is 5.43. The second kappa shape index (κ2) is 6.39. The highest BCUT2D eigenvalue weighted by atomic mass is 79.9. The molecule has 1 atom stereocenters. The van der Waals surface area contributed by atoms with Gasteiger partial charge in [0.25, 0.3) is 0 Å². The third kappa shape index (κ3) is 3.13. The Bertz CT molecular complexity index is 637. The van der Waals surface area contributed by atoms with E-state index in [1.165, 1.54) is 32.4 Å². The summed E-state index contributed by atoms with van der Waals surface area (Å²) >= 11 is 5.09. The fraction of sp³-hybridized carbons (Fsp3) is 0.600. The average molecular weight is 383 g/mol. The zero-order valence-electron chi connectivity index (χ0n) is 12.4. The average Bonchev–Trinajstić information content (AvgIpc) is 3.26. The normalized spacial score (nSPS) is 23.6. The largest absolute Gasteiger partial charge is 0.338 e. The summed E-state index contributed by atoms with van der Waals surface area (Å²) in [5.41, 5.74) is 0. The lowest BCUT2D eigenvalue weighted by Gasteiger charge is -2.23. The molecule has 22 heavy (non-hydrogen) atoms. The number of hydrogen-bond donors (Lipinski definition) is 0. The number of hydrogen-bond acceptors (Lipinski definition) is 6. The molecule has 0 N–H and O–H groups in total. The molecule has 5 nitrogen and oxygen atoms in total. The SMILES string of the molecule is Brc1ccc(-c2noc(CN3CCC(N4CCCC4)C3)n2)s1. The van der Waals surface area contributed by atoms with Gasteiger partial charge < -0.3 is 4.52 Å². The quantitative estimate of drug-likeness (QED) is 0.811. The first-order valence-electron chi connectivity index (χ1n) is 7.82. The van der Waals surface area contributed by atoms with Crippen LogP contribution in [0.15, 0.2) is 20.4 Å². The fourth-order valence-corrected chi connectivity index (χ4v) is 4.72. The van der Waals surface area contributed by atoms with E-state index < -0.39 is 0 Å². The lowest BCUT2D eigenvalue weighted by molar-refractivity contribution is 0.217. The van der Waals surface area contributed by atoms with E-state index in [1.807, 2.05) is 12.1 Å². The van der Waals surface area contributed by atoms with Crippen molar-refractivity contribution in [3.8, 4) is 10.7 Å². The Kier molecular flexibility index (Phi) is 4.30. The summed E-state index contributed by atoms with van der Waals surface area (Å²) in [5.74, 6) is 1.42. The Morgan fingerprint density at radius 3 is 2.91 bits per heavy atom. The lowest BCUT2D eigenvalue weighted by Crippen LogP contribution is -2.35. The number of aromatic nitrogens is 2. The van der Waals surface area contributed by atoms with Crippen LogP contribution in [0.25, 0.3) is 10.7 Å². The van der Waals surface area contributed by atoms with E-state index in [1.54, 1.807) is 11.3 Å². The van der Waals surface area contributed by atoms with Gasteiger partial charge in [0.1, 0.15) is 0 Å². The molecule has 0 spiro atoms. The first-order valence-corrected chi connectivity index (χ1v) is 9.43. The van der Waals surface area contributed by atoms with Crippen LogP contribution in [0.3, 0.4) is 0 Å². The lowest BCUT2D eigenvalue weighted by atomic mass is 10.2. The monoisotopic (exact) mass is 382 g/mol. The molecule has 0 amide bonds. The van der Waals surface area contributed by atoms with Crippen LogP contribution >= 0.6 is 27.3 Å². The van der Waals surface area contributed by atoms with Gasteiger partial charge in [-0.2, -0.15) is 4.98 Å². The van der Waals surface area contributed by atoms with Gasteiger partial charge in [0.15, 0.2) is 0 Å². The Balaban J connectivity index is 1.37. The van der Waals surface area contributed by atoms with Crippen LogP contribution in [0.5, 0.6) is 0 Å². The van der Waals surface area contributed by atoms with E-state index >= 15 is 0 Å². The Hall–Kier alpha value is -0.760. The first-order chi connectivity index (χ1) is 10.8. The van der Waals surface area contributed by atoms with Crippen LogP contribution in [0.1, 0.15) is 25.2 Å². The molecule has 4 rings (SSSR count). The Morgan fingerprint density at radius 2 is 2.14 bits per heavy atom. The zero-order chi connectivity index (χ0) is 14.9. The molecule has 118 valence electrons. The van der Waals surface area contributed by atoms with Crippen LogP contribution in [0.2, 0.25) is 0 Å². The van der Waals surface area contributed by atoms with Crippen LogP contribution in [0.4, 0.5) is 0 Å². The van der Waals surface area contributed by atoms with E-state index in [0.717, 1.165) is 40.2 Å². The summed E-state index contributed by atoms with van der Waals surface area (Å²) in [5, 5.41) is 4.10. The zero-order valence-corrected chi connectivity index (χ0v) is 14.8. The van der Waals surface area contributed by atoms with Crippen LogP contribution < -0.4 is 0 Å². The van der Waals surface area contributed by atoms with Gasteiger partial charge in [0, 0.05) is 19.1 Å². The van der Waals surface area contributed by atoms with E-state index in [2.05, 4.69) is 35.9 Å². The van der Waals surface area contributed by atoms with Crippen LogP contribution in [-0.2, 0) is 6.54 Å². The summed E-state index contributed by atoms with van der Waals surface area (Å²) in [6, 6.07) is 4.75. The summed E-state index contributed by atoms with van der Waals surface area (Å²) < 4.78 is 6.51. The molecule has 0 aromatic carbocycles. The topological polar surface area (TPSA) is 45.4 Å². The molecular formula is C15H19BrN4OS. The first kappa shape index (κ1) is 14.8. The van der Waals surface area contributed by atoms with Crippen molar-refractivity contribution in [3.63, 3.8) is 0 Å². The number of thiophene rings is 1. The standard InChI is InChI=1S/C15H19BrN4OS/c16-13-4-3-12(22-13)15-17-14(21-18-15)10-19-8-5-11(9-19)20-6-1-2-7-20/h3-4,11H,1-2,5-10H2. The molecule has 0 aliphatic carbocycles. The summed E-state index contributed by atoms with van der Waals surface area (Å²) in [4.78, 5) is 10.7. The predicted octanol–water partition coefficient (Wildman–Crippen LogP) is 3.23. The van der Waals surface area contributed by atoms with Crippen molar-refractivity contribution in [1.29, 1.82) is 0 Å². The second-order valence-corrected chi connectivity index (χ2v) is 8.50. The van der Waals surface area contributed by atoms with Crippen molar-refractivity contribution in [2.75, 3.05) is 26.2 Å². The maximum Gasteiger partial charge on any atom is 0.241 e. The molecule has 1 unspecified atom stereocenters. The predicted molar refractivity (Wildman–Crippen MR) is 89.8 cm³/mol. The van der Waals surface area contributed by atoms with Gasteiger partial charge in [0.05, 0.1) is 15.2 Å². The molecule has 0 radical (unpaired) electrons. The second-order valence-electron chi connectivity index (χ2n) is 6.04. The van der Waals surface area contributed by atoms with Crippen molar-refractivity contribution < 1.29 is 4.52 Å². The van der Waals surface area contributed by atoms with Gasteiger partial charge >= 0.3 is 0 Å². The van der Waals surface area contributed by atoms with E-state index in [-0.39, 0.29) is 0 Å². The van der Waals surface area contributed by atoms with Crippen molar-refractivity contribution >= 4 is 27.3 Å². The van der Waals surface area contributed by atoms with E-state index in [9.17, 15) is 0 Å². The molecule has 4 heterocycles.